The lowest BCUT2D eigenvalue weighted by atomic mass is 10.2. The number of halogens is 1. The highest BCUT2D eigenvalue weighted by molar-refractivity contribution is 5.82. The molecule has 0 saturated carbocycles. The van der Waals surface area contributed by atoms with Gasteiger partial charge in [0.05, 0.1) is 12.1 Å². The van der Waals surface area contributed by atoms with E-state index in [2.05, 4.69) is 0 Å². The van der Waals surface area contributed by atoms with Crippen LogP contribution in [0.4, 0.5) is 4.39 Å². The number of esters is 1. The molecular formula is C12H12FNO2. The van der Waals surface area contributed by atoms with Gasteiger partial charge >= 0.3 is 5.97 Å². The Morgan fingerprint density at radius 2 is 2.25 bits per heavy atom. The maximum Gasteiger partial charge on any atom is 0.325 e. The first-order valence-corrected chi connectivity index (χ1v) is 5.11. The van der Waals surface area contributed by atoms with Crippen molar-refractivity contribution in [2.45, 2.75) is 13.5 Å². The predicted molar refractivity (Wildman–Crippen MR) is 58.5 cm³/mol. The van der Waals surface area contributed by atoms with E-state index >= 15 is 0 Å². The standard InChI is InChI=1S/C12H12FNO2/c1-2-16-11(15)8-14-7-6-9-4-3-5-10(13)12(9)14/h3-7H,2,8H2,1H3. The summed E-state index contributed by atoms with van der Waals surface area (Å²) < 4.78 is 19.9. The minimum Gasteiger partial charge on any atom is -0.465 e. The zero-order valence-electron chi connectivity index (χ0n) is 8.94. The fourth-order valence-corrected chi connectivity index (χ4v) is 1.69. The van der Waals surface area contributed by atoms with Crippen LogP contribution in [0, 0.1) is 5.82 Å². The second-order valence-electron chi connectivity index (χ2n) is 3.43. The average Bonchev–Trinajstić information content (AvgIpc) is 2.63. The molecule has 0 spiro atoms. The van der Waals surface area contributed by atoms with Crippen molar-refractivity contribution in [2.75, 3.05) is 6.61 Å². The number of fused-ring (bicyclic) bond motifs is 1. The van der Waals surface area contributed by atoms with Gasteiger partial charge in [-0.1, -0.05) is 12.1 Å². The van der Waals surface area contributed by atoms with Crippen LogP contribution in [-0.2, 0) is 16.1 Å². The van der Waals surface area contributed by atoms with Gasteiger partial charge < -0.3 is 9.30 Å². The predicted octanol–water partition coefficient (Wildman–Crippen LogP) is 2.34. The SMILES string of the molecule is CCOC(=O)Cn1ccc2cccc(F)c21. The van der Waals surface area contributed by atoms with E-state index in [0.717, 1.165) is 5.39 Å². The third-order valence-corrected chi connectivity index (χ3v) is 2.34. The first-order valence-electron chi connectivity index (χ1n) is 5.11. The van der Waals surface area contributed by atoms with Gasteiger partial charge in [-0.25, -0.2) is 4.39 Å². The Morgan fingerprint density at radius 1 is 1.44 bits per heavy atom. The fourth-order valence-electron chi connectivity index (χ4n) is 1.69. The molecule has 0 aliphatic heterocycles. The molecule has 16 heavy (non-hydrogen) atoms. The highest BCUT2D eigenvalue weighted by Gasteiger charge is 2.09. The van der Waals surface area contributed by atoms with Crippen molar-refractivity contribution in [1.29, 1.82) is 0 Å². The van der Waals surface area contributed by atoms with Crippen LogP contribution in [0.5, 0.6) is 0 Å². The second kappa shape index (κ2) is 4.35. The molecular weight excluding hydrogens is 209 g/mol. The summed E-state index contributed by atoms with van der Waals surface area (Å²) in [6.07, 6.45) is 1.69. The molecule has 0 atom stereocenters. The van der Waals surface area contributed by atoms with Crippen LogP contribution in [0.15, 0.2) is 30.5 Å². The summed E-state index contributed by atoms with van der Waals surface area (Å²) in [5.41, 5.74) is 0.440. The van der Waals surface area contributed by atoms with Gasteiger partial charge in [-0.2, -0.15) is 0 Å². The van der Waals surface area contributed by atoms with Crippen molar-refractivity contribution in [3.63, 3.8) is 0 Å². The highest BCUT2D eigenvalue weighted by Crippen LogP contribution is 2.18. The van der Waals surface area contributed by atoms with Crippen LogP contribution in [0.25, 0.3) is 10.9 Å². The van der Waals surface area contributed by atoms with Gasteiger partial charge in [0.15, 0.2) is 0 Å². The smallest absolute Gasteiger partial charge is 0.325 e. The lowest BCUT2D eigenvalue weighted by Crippen LogP contribution is -2.12. The molecule has 3 nitrogen and oxygen atoms in total. The quantitative estimate of drug-likeness (QED) is 0.745. The molecule has 2 rings (SSSR count). The lowest BCUT2D eigenvalue weighted by Gasteiger charge is -2.05. The zero-order valence-corrected chi connectivity index (χ0v) is 8.94. The summed E-state index contributed by atoms with van der Waals surface area (Å²) in [5, 5.41) is 0.782. The van der Waals surface area contributed by atoms with Crippen LogP contribution in [-0.4, -0.2) is 17.1 Å². The van der Waals surface area contributed by atoms with Crippen molar-refractivity contribution < 1.29 is 13.9 Å². The van der Waals surface area contributed by atoms with Gasteiger partial charge in [0, 0.05) is 11.6 Å². The van der Waals surface area contributed by atoms with Gasteiger partial charge in [-0.15, -0.1) is 0 Å². The maximum absolute atomic E-state index is 13.5. The van der Waals surface area contributed by atoms with Crippen LogP contribution in [0.1, 0.15) is 6.92 Å². The van der Waals surface area contributed by atoms with E-state index in [1.165, 1.54) is 6.07 Å². The Kier molecular flexibility index (Phi) is 2.90. The van der Waals surface area contributed by atoms with E-state index < -0.39 is 0 Å². The number of hydrogen-bond donors (Lipinski definition) is 0. The van der Waals surface area contributed by atoms with Gasteiger partial charge in [-0.05, 0) is 19.1 Å². The van der Waals surface area contributed by atoms with Crippen LogP contribution < -0.4 is 0 Å². The first-order chi connectivity index (χ1) is 7.72. The number of nitrogens with zero attached hydrogens (tertiary/aromatic N) is 1. The molecule has 1 heterocycles. The summed E-state index contributed by atoms with van der Waals surface area (Å²) in [4.78, 5) is 11.3. The number of hydrogen-bond acceptors (Lipinski definition) is 2. The third kappa shape index (κ3) is 1.91. The van der Waals surface area contributed by atoms with Crippen molar-refractivity contribution in [3.8, 4) is 0 Å². The Labute approximate surface area is 92.4 Å². The number of carbonyl (C=O) groups excluding carboxylic acids is 1. The molecule has 0 N–H and O–H groups in total. The molecule has 2 aromatic rings. The molecule has 1 aromatic carbocycles. The molecule has 4 heteroatoms. The Balaban J connectivity index is 2.34. The molecule has 0 amide bonds. The number of benzene rings is 1. The highest BCUT2D eigenvalue weighted by atomic mass is 19.1. The third-order valence-electron chi connectivity index (χ3n) is 2.34. The van der Waals surface area contributed by atoms with Crippen molar-refractivity contribution in [1.82, 2.24) is 4.57 Å². The van der Waals surface area contributed by atoms with E-state index in [4.69, 9.17) is 4.74 Å². The number of rotatable bonds is 3. The van der Waals surface area contributed by atoms with E-state index in [9.17, 15) is 9.18 Å². The molecule has 0 radical (unpaired) electrons. The number of aromatic nitrogens is 1. The van der Waals surface area contributed by atoms with Crippen molar-refractivity contribution in [3.05, 3.63) is 36.3 Å². The van der Waals surface area contributed by atoms with Crippen LogP contribution >= 0.6 is 0 Å². The fraction of sp³-hybridized carbons (Fsp3) is 0.250. The minimum atomic E-state index is -0.358. The number of carbonyl (C=O) groups is 1. The van der Waals surface area contributed by atoms with Gasteiger partial charge in [0.2, 0.25) is 0 Å². The molecule has 1 aromatic heterocycles. The van der Waals surface area contributed by atoms with Crippen molar-refractivity contribution >= 4 is 16.9 Å². The molecule has 0 saturated heterocycles. The Hall–Kier alpha value is -1.84. The number of ether oxygens (including phenoxy) is 1. The first kappa shape index (κ1) is 10.7. The summed E-state index contributed by atoms with van der Waals surface area (Å²) in [6, 6.07) is 6.61. The van der Waals surface area contributed by atoms with E-state index in [1.54, 1.807) is 35.9 Å². The molecule has 0 bridgehead atoms. The molecule has 0 aliphatic rings. The topological polar surface area (TPSA) is 31.2 Å². The second-order valence-corrected chi connectivity index (χ2v) is 3.43. The Morgan fingerprint density at radius 3 is 3.00 bits per heavy atom. The van der Waals surface area contributed by atoms with E-state index in [1.807, 2.05) is 0 Å². The number of para-hydroxylation sites is 1. The van der Waals surface area contributed by atoms with E-state index in [0.29, 0.717) is 12.1 Å². The van der Waals surface area contributed by atoms with Gasteiger partial charge in [0.1, 0.15) is 12.4 Å². The average molecular weight is 221 g/mol. The van der Waals surface area contributed by atoms with Crippen LogP contribution in [0.2, 0.25) is 0 Å². The summed E-state index contributed by atoms with van der Waals surface area (Å²) in [7, 11) is 0. The minimum absolute atomic E-state index is 0.0400. The molecule has 0 unspecified atom stereocenters. The normalized spacial score (nSPS) is 10.6. The summed E-state index contributed by atoms with van der Waals surface area (Å²) in [5.74, 6) is -0.685. The summed E-state index contributed by atoms with van der Waals surface area (Å²) >= 11 is 0. The monoisotopic (exact) mass is 221 g/mol. The van der Waals surface area contributed by atoms with Gasteiger partial charge in [-0.3, -0.25) is 4.79 Å². The summed E-state index contributed by atoms with van der Waals surface area (Å²) in [6.45, 7) is 2.12. The lowest BCUT2D eigenvalue weighted by molar-refractivity contribution is -0.143. The zero-order chi connectivity index (χ0) is 11.5. The van der Waals surface area contributed by atoms with Crippen molar-refractivity contribution in [2.24, 2.45) is 0 Å². The van der Waals surface area contributed by atoms with Crippen LogP contribution in [0.3, 0.4) is 0 Å². The molecule has 0 fully saturated rings. The van der Waals surface area contributed by atoms with E-state index in [-0.39, 0.29) is 18.3 Å². The molecule has 84 valence electrons. The largest absolute Gasteiger partial charge is 0.465 e. The molecule has 0 aliphatic carbocycles. The van der Waals surface area contributed by atoms with Gasteiger partial charge in [0.25, 0.3) is 0 Å². The maximum atomic E-state index is 13.5. The Bertz CT molecular complexity index is 519.